The van der Waals surface area contributed by atoms with Crippen LogP contribution in [0, 0.1) is 5.92 Å². The quantitative estimate of drug-likeness (QED) is 0.713. The van der Waals surface area contributed by atoms with Crippen LogP contribution >= 0.6 is 11.6 Å². The van der Waals surface area contributed by atoms with Crippen LogP contribution in [0.25, 0.3) is 10.9 Å². The zero-order valence-electron chi connectivity index (χ0n) is 10.0. The summed E-state index contributed by atoms with van der Waals surface area (Å²) in [6, 6.07) is 8.32. The van der Waals surface area contributed by atoms with Gasteiger partial charge in [-0.3, -0.25) is 0 Å². The molecule has 1 aromatic heterocycles. The Labute approximate surface area is 107 Å². The Morgan fingerprint density at radius 2 is 1.94 bits per heavy atom. The van der Waals surface area contributed by atoms with E-state index in [-0.39, 0.29) is 0 Å². The van der Waals surface area contributed by atoms with E-state index in [1.54, 1.807) is 0 Å². The lowest BCUT2D eigenvalue weighted by molar-refractivity contribution is 0.322. The molecule has 1 saturated carbocycles. The molecule has 0 amide bonds. The van der Waals surface area contributed by atoms with Gasteiger partial charge in [0.25, 0.3) is 0 Å². The lowest BCUT2D eigenvalue weighted by atomic mass is 9.89. The molecular weight excluding hydrogens is 230 g/mol. The molecule has 0 spiro atoms. The van der Waals surface area contributed by atoms with Crippen molar-refractivity contribution in [2.24, 2.45) is 5.92 Å². The fourth-order valence-corrected chi connectivity index (χ4v) is 3.30. The van der Waals surface area contributed by atoms with Gasteiger partial charge in [0.1, 0.15) is 0 Å². The van der Waals surface area contributed by atoms with Gasteiger partial charge in [0.05, 0.1) is 10.5 Å². The molecular formula is C15H18ClN. The van der Waals surface area contributed by atoms with E-state index in [4.69, 9.17) is 11.6 Å². The van der Waals surface area contributed by atoms with Crippen LogP contribution in [0.5, 0.6) is 0 Å². The first-order valence-electron chi connectivity index (χ1n) is 6.58. The first kappa shape index (κ1) is 11.2. The maximum Gasteiger partial charge on any atom is 0.0669 e. The van der Waals surface area contributed by atoms with Gasteiger partial charge in [-0.15, -0.1) is 0 Å². The molecule has 0 radical (unpaired) electrons. The van der Waals surface area contributed by atoms with Crippen LogP contribution < -0.4 is 0 Å². The number of hydrogen-bond acceptors (Lipinski definition) is 0. The van der Waals surface area contributed by atoms with Gasteiger partial charge in [-0.25, -0.2) is 0 Å². The van der Waals surface area contributed by atoms with Crippen molar-refractivity contribution in [3.63, 3.8) is 0 Å². The molecule has 2 heteroatoms. The van der Waals surface area contributed by atoms with Crippen LogP contribution in [0.1, 0.15) is 32.1 Å². The number of halogens is 1. The molecule has 1 nitrogen and oxygen atoms in total. The molecule has 0 unspecified atom stereocenters. The number of para-hydroxylation sites is 1. The second-order valence-corrected chi connectivity index (χ2v) is 5.56. The summed E-state index contributed by atoms with van der Waals surface area (Å²) in [5.41, 5.74) is 1.21. The highest BCUT2D eigenvalue weighted by molar-refractivity contribution is 6.35. The predicted molar refractivity (Wildman–Crippen MR) is 73.5 cm³/mol. The highest BCUT2D eigenvalue weighted by Crippen LogP contribution is 2.29. The molecule has 0 N–H and O–H groups in total. The summed E-state index contributed by atoms with van der Waals surface area (Å²) in [4.78, 5) is 0. The van der Waals surface area contributed by atoms with Crippen LogP contribution in [0.4, 0.5) is 0 Å². The van der Waals surface area contributed by atoms with Gasteiger partial charge in [0.2, 0.25) is 0 Å². The molecule has 0 atom stereocenters. The van der Waals surface area contributed by atoms with Gasteiger partial charge in [0, 0.05) is 18.1 Å². The van der Waals surface area contributed by atoms with Crippen LogP contribution in [-0.2, 0) is 6.54 Å². The fraction of sp³-hybridized carbons (Fsp3) is 0.467. The molecule has 1 heterocycles. The molecule has 0 saturated heterocycles. The van der Waals surface area contributed by atoms with E-state index in [1.807, 2.05) is 12.1 Å². The summed E-state index contributed by atoms with van der Waals surface area (Å²) in [5.74, 6) is 0.843. The van der Waals surface area contributed by atoms with Gasteiger partial charge in [-0.1, -0.05) is 43.0 Å². The number of rotatable bonds is 2. The molecule has 1 aliphatic rings. The van der Waals surface area contributed by atoms with Crippen LogP contribution in [0.3, 0.4) is 0 Å². The Balaban J connectivity index is 1.89. The third-order valence-electron chi connectivity index (χ3n) is 3.92. The Hall–Kier alpha value is -0.950. The van der Waals surface area contributed by atoms with Crippen LogP contribution in [0.2, 0.25) is 5.02 Å². The third-order valence-corrected chi connectivity index (χ3v) is 4.22. The van der Waals surface area contributed by atoms with Crippen molar-refractivity contribution in [3.8, 4) is 0 Å². The largest absolute Gasteiger partial charge is 0.346 e. The number of nitrogens with zero attached hydrogens (tertiary/aromatic N) is 1. The van der Waals surface area contributed by atoms with Gasteiger partial charge in [0.15, 0.2) is 0 Å². The SMILES string of the molecule is Clc1cccc2ccn(CC3CCCCC3)c12. The summed E-state index contributed by atoms with van der Waals surface area (Å²) in [5, 5.41) is 2.14. The smallest absolute Gasteiger partial charge is 0.0669 e. The average Bonchev–Trinajstić information content (AvgIpc) is 2.75. The number of benzene rings is 1. The monoisotopic (exact) mass is 247 g/mol. The molecule has 1 aliphatic carbocycles. The number of fused-ring (bicyclic) bond motifs is 1. The predicted octanol–water partition coefficient (Wildman–Crippen LogP) is 4.88. The standard InChI is InChI=1S/C15H18ClN/c16-14-8-4-7-13-9-10-17(15(13)14)11-12-5-2-1-3-6-12/h4,7-10,12H,1-3,5-6,11H2. The molecule has 1 aromatic carbocycles. The van der Waals surface area contributed by atoms with Gasteiger partial charge < -0.3 is 4.57 Å². The second-order valence-electron chi connectivity index (χ2n) is 5.15. The van der Waals surface area contributed by atoms with E-state index in [2.05, 4.69) is 22.9 Å². The van der Waals surface area contributed by atoms with Crippen molar-refractivity contribution >= 4 is 22.5 Å². The summed E-state index contributed by atoms with van der Waals surface area (Å²) in [6.07, 6.45) is 9.16. The van der Waals surface area contributed by atoms with Gasteiger partial charge >= 0.3 is 0 Å². The Morgan fingerprint density at radius 1 is 1.12 bits per heavy atom. The lowest BCUT2D eigenvalue weighted by Crippen LogP contribution is -2.13. The molecule has 90 valence electrons. The van der Waals surface area contributed by atoms with Crippen molar-refractivity contribution in [1.82, 2.24) is 4.57 Å². The molecule has 0 aliphatic heterocycles. The molecule has 1 fully saturated rings. The fourth-order valence-electron chi connectivity index (χ4n) is 3.01. The second kappa shape index (κ2) is 4.73. The highest BCUT2D eigenvalue weighted by atomic mass is 35.5. The minimum atomic E-state index is 0.843. The summed E-state index contributed by atoms with van der Waals surface area (Å²) in [7, 11) is 0. The van der Waals surface area contributed by atoms with E-state index < -0.39 is 0 Å². The van der Waals surface area contributed by atoms with Crippen LogP contribution in [0.15, 0.2) is 30.5 Å². The maximum absolute atomic E-state index is 6.30. The van der Waals surface area contributed by atoms with E-state index in [0.717, 1.165) is 17.5 Å². The minimum Gasteiger partial charge on any atom is -0.346 e. The van der Waals surface area contributed by atoms with Crippen molar-refractivity contribution in [2.75, 3.05) is 0 Å². The Morgan fingerprint density at radius 3 is 2.76 bits per heavy atom. The first-order valence-corrected chi connectivity index (χ1v) is 6.96. The minimum absolute atomic E-state index is 0.843. The molecule has 0 bridgehead atoms. The van der Waals surface area contributed by atoms with Crippen molar-refractivity contribution in [2.45, 2.75) is 38.6 Å². The normalized spacial score (nSPS) is 17.7. The maximum atomic E-state index is 6.30. The molecule has 2 aromatic rings. The highest BCUT2D eigenvalue weighted by Gasteiger charge is 2.15. The van der Waals surface area contributed by atoms with Gasteiger partial charge in [-0.05, 0) is 30.9 Å². The number of hydrogen-bond donors (Lipinski definition) is 0. The summed E-state index contributed by atoms with van der Waals surface area (Å²) in [6.45, 7) is 1.13. The van der Waals surface area contributed by atoms with Crippen molar-refractivity contribution in [3.05, 3.63) is 35.5 Å². The van der Waals surface area contributed by atoms with E-state index in [1.165, 1.54) is 43.0 Å². The van der Waals surface area contributed by atoms with Crippen molar-refractivity contribution < 1.29 is 0 Å². The molecule has 17 heavy (non-hydrogen) atoms. The Bertz CT molecular complexity index is 509. The zero-order valence-corrected chi connectivity index (χ0v) is 10.8. The van der Waals surface area contributed by atoms with Gasteiger partial charge in [-0.2, -0.15) is 0 Å². The number of aromatic nitrogens is 1. The summed E-state index contributed by atoms with van der Waals surface area (Å²) >= 11 is 6.30. The van der Waals surface area contributed by atoms with Crippen LogP contribution in [-0.4, -0.2) is 4.57 Å². The Kier molecular flexibility index (Phi) is 3.11. The lowest BCUT2D eigenvalue weighted by Gasteiger charge is -2.22. The van der Waals surface area contributed by atoms with E-state index in [0.29, 0.717) is 0 Å². The van der Waals surface area contributed by atoms with Crippen molar-refractivity contribution in [1.29, 1.82) is 0 Å². The first-order chi connectivity index (χ1) is 8.34. The summed E-state index contributed by atoms with van der Waals surface area (Å²) < 4.78 is 2.34. The average molecular weight is 248 g/mol. The molecule has 3 rings (SSSR count). The third kappa shape index (κ3) is 2.21. The zero-order chi connectivity index (χ0) is 11.7. The van der Waals surface area contributed by atoms with E-state index in [9.17, 15) is 0 Å². The van der Waals surface area contributed by atoms with E-state index >= 15 is 0 Å². The topological polar surface area (TPSA) is 4.93 Å².